The number of hydrogen-bond acceptors (Lipinski definition) is 4. The predicted molar refractivity (Wildman–Crippen MR) is 75.2 cm³/mol. The summed E-state index contributed by atoms with van der Waals surface area (Å²) < 4.78 is 12.8. The number of benzene rings is 1. The topological polar surface area (TPSA) is 62.3 Å². The summed E-state index contributed by atoms with van der Waals surface area (Å²) in [6, 6.07) is 10.7. The molecule has 2 amide bonds. The van der Waals surface area contributed by atoms with Crippen molar-refractivity contribution in [3.05, 3.63) is 54.5 Å². The number of pyridine rings is 1. The molecule has 0 radical (unpaired) electrons. The third-order valence-electron chi connectivity index (χ3n) is 3.21. The predicted octanol–water partition coefficient (Wildman–Crippen LogP) is 1.96. The van der Waals surface area contributed by atoms with E-state index in [0.29, 0.717) is 11.5 Å². The second kappa shape index (κ2) is 5.32. The van der Waals surface area contributed by atoms with Crippen LogP contribution >= 0.6 is 0 Å². The minimum absolute atomic E-state index is 0.0484. The monoisotopic (exact) mass is 285 g/mol. The first kappa shape index (κ1) is 13.2. The van der Waals surface area contributed by atoms with Gasteiger partial charge in [-0.3, -0.25) is 9.59 Å². The summed E-state index contributed by atoms with van der Waals surface area (Å²) >= 11 is 0. The number of imide groups is 1. The fourth-order valence-electron chi connectivity index (χ4n) is 2.23. The number of aromatic nitrogens is 1. The summed E-state index contributed by atoms with van der Waals surface area (Å²) in [6.45, 7) is 0. The Kier molecular flexibility index (Phi) is 3.35. The third-order valence-corrected chi connectivity index (χ3v) is 3.21. The van der Waals surface area contributed by atoms with Gasteiger partial charge in [0.2, 0.25) is 5.91 Å². The lowest BCUT2D eigenvalue weighted by atomic mass is 10.2. The van der Waals surface area contributed by atoms with Gasteiger partial charge in [-0.2, -0.15) is 0 Å². The first-order valence-electron chi connectivity index (χ1n) is 6.45. The van der Waals surface area contributed by atoms with E-state index in [1.807, 2.05) is 6.07 Å². The molecule has 5 nitrogen and oxygen atoms in total. The number of carbonyl (C=O) groups excluding carboxylic acids is 2. The molecule has 1 aliphatic heterocycles. The summed E-state index contributed by atoms with van der Waals surface area (Å²) in [5, 5.41) is 2.86. The van der Waals surface area contributed by atoms with Crippen molar-refractivity contribution in [1.29, 1.82) is 0 Å². The van der Waals surface area contributed by atoms with Crippen molar-refractivity contribution in [2.75, 3.05) is 10.2 Å². The zero-order valence-corrected chi connectivity index (χ0v) is 11.0. The van der Waals surface area contributed by atoms with E-state index in [-0.39, 0.29) is 18.2 Å². The molecule has 106 valence electrons. The fourth-order valence-corrected chi connectivity index (χ4v) is 2.23. The van der Waals surface area contributed by atoms with Crippen LogP contribution in [0.5, 0.6) is 0 Å². The highest BCUT2D eigenvalue weighted by Crippen LogP contribution is 2.24. The van der Waals surface area contributed by atoms with E-state index >= 15 is 0 Å². The van der Waals surface area contributed by atoms with Gasteiger partial charge in [0, 0.05) is 0 Å². The van der Waals surface area contributed by atoms with Crippen LogP contribution in [0.3, 0.4) is 0 Å². The van der Waals surface area contributed by atoms with Gasteiger partial charge in [0.05, 0.1) is 18.3 Å². The Bertz CT molecular complexity index is 673. The number of anilines is 2. The maximum absolute atomic E-state index is 12.8. The highest BCUT2D eigenvalue weighted by Gasteiger charge is 2.39. The molecule has 1 aromatic carbocycles. The quantitative estimate of drug-likeness (QED) is 0.876. The number of halogens is 1. The van der Waals surface area contributed by atoms with E-state index in [4.69, 9.17) is 0 Å². The van der Waals surface area contributed by atoms with Crippen LogP contribution in [0.1, 0.15) is 6.42 Å². The van der Waals surface area contributed by atoms with Crippen molar-refractivity contribution in [2.24, 2.45) is 0 Å². The highest BCUT2D eigenvalue weighted by molar-refractivity contribution is 6.23. The van der Waals surface area contributed by atoms with Gasteiger partial charge in [-0.15, -0.1) is 0 Å². The van der Waals surface area contributed by atoms with Gasteiger partial charge in [-0.25, -0.2) is 14.3 Å². The first-order chi connectivity index (χ1) is 10.1. The van der Waals surface area contributed by atoms with Crippen LogP contribution in [0, 0.1) is 5.82 Å². The molecule has 2 heterocycles. The Morgan fingerprint density at radius 1 is 1.14 bits per heavy atom. The van der Waals surface area contributed by atoms with E-state index in [0.717, 1.165) is 11.1 Å². The van der Waals surface area contributed by atoms with Gasteiger partial charge in [0.15, 0.2) is 0 Å². The summed E-state index contributed by atoms with van der Waals surface area (Å²) in [4.78, 5) is 29.3. The van der Waals surface area contributed by atoms with E-state index in [1.54, 1.807) is 24.3 Å². The van der Waals surface area contributed by atoms with Crippen molar-refractivity contribution >= 4 is 23.3 Å². The number of nitrogens with zero attached hydrogens (tertiary/aromatic N) is 2. The summed E-state index contributed by atoms with van der Waals surface area (Å²) in [6.07, 6.45) is 1.10. The average Bonchev–Trinajstić information content (AvgIpc) is 2.77. The molecule has 0 spiro atoms. The minimum Gasteiger partial charge on any atom is -0.358 e. The van der Waals surface area contributed by atoms with E-state index in [9.17, 15) is 14.0 Å². The maximum atomic E-state index is 12.8. The van der Waals surface area contributed by atoms with Crippen LogP contribution in [0.2, 0.25) is 0 Å². The van der Waals surface area contributed by atoms with Crippen LogP contribution in [0.4, 0.5) is 15.9 Å². The van der Waals surface area contributed by atoms with Gasteiger partial charge < -0.3 is 5.32 Å². The molecule has 1 fully saturated rings. The number of carbonyl (C=O) groups is 2. The zero-order valence-electron chi connectivity index (χ0n) is 11.0. The molecule has 6 heteroatoms. The van der Waals surface area contributed by atoms with Crippen LogP contribution in [-0.4, -0.2) is 22.8 Å². The third kappa shape index (κ3) is 2.60. The number of nitrogens with one attached hydrogen (secondary N) is 1. The van der Waals surface area contributed by atoms with Crippen LogP contribution in [0.15, 0.2) is 48.7 Å². The van der Waals surface area contributed by atoms with E-state index in [1.165, 1.54) is 12.1 Å². The lowest BCUT2D eigenvalue weighted by Crippen LogP contribution is -2.34. The lowest BCUT2D eigenvalue weighted by Gasteiger charge is -2.15. The van der Waals surface area contributed by atoms with Crippen molar-refractivity contribution < 1.29 is 14.0 Å². The molecule has 2 aromatic rings. The lowest BCUT2D eigenvalue weighted by molar-refractivity contribution is -0.121. The Balaban J connectivity index is 1.79. The SMILES string of the molecule is O=C1CC(Nc2ccc(F)cn2)C(=O)N1c1ccccc1. The zero-order chi connectivity index (χ0) is 14.8. The van der Waals surface area contributed by atoms with Crippen molar-refractivity contribution in [1.82, 2.24) is 4.98 Å². The second-order valence-corrected chi connectivity index (χ2v) is 4.67. The highest BCUT2D eigenvalue weighted by atomic mass is 19.1. The minimum atomic E-state index is -0.685. The Hall–Kier alpha value is -2.76. The largest absolute Gasteiger partial charge is 0.358 e. The molecular weight excluding hydrogens is 273 g/mol. The maximum Gasteiger partial charge on any atom is 0.256 e. The number of hydrogen-bond donors (Lipinski definition) is 1. The Morgan fingerprint density at radius 3 is 2.57 bits per heavy atom. The molecule has 1 unspecified atom stereocenters. The molecule has 21 heavy (non-hydrogen) atoms. The molecule has 0 aliphatic carbocycles. The summed E-state index contributed by atoms with van der Waals surface area (Å²) in [5.74, 6) is -0.708. The van der Waals surface area contributed by atoms with Crippen LogP contribution in [0.25, 0.3) is 0 Å². The molecule has 0 saturated carbocycles. The van der Waals surface area contributed by atoms with Crippen LogP contribution < -0.4 is 10.2 Å². The van der Waals surface area contributed by atoms with Crippen molar-refractivity contribution in [3.63, 3.8) is 0 Å². The summed E-state index contributed by atoms with van der Waals surface area (Å²) in [7, 11) is 0. The molecule has 1 N–H and O–H groups in total. The number of amides is 2. The van der Waals surface area contributed by atoms with Crippen molar-refractivity contribution in [2.45, 2.75) is 12.5 Å². The Morgan fingerprint density at radius 2 is 1.90 bits per heavy atom. The standard InChI is InChI=1S/C15H12FN3O2/c16-10-6-7-13(17-9-10)18-12-8-14(20)19(15(12)21)11-4-2-1-3-5-11/h1-7,9,12H,8H2,(H,17,18). The van der Waals surface area contributed by atoms with Gasteiger partial charge in [-0.05, 0) is 24.3 Å². The van der Waals surface area contributed by atoms with Gasteiger partial charge >= 0.3 is 0 Å². The smallest absolute Gasteiger partial charge is 0.256 e. The fraction of sp³-hybridized carbons (Fsp3) is 0.133. The molecule has 1 aliphatic rings. The molecule has 0 bridgehead atoms. The summed E-state index contributed by atoms with van der Waals surface area (Å²) in [5.41, 5.74) is 0.545. The Labute approximate surface area is 120 Å². The van der Waals surface area contributed by atoms with Gasteiger partial charge in [0.1, 0.15) is 17.7 Å². The molecular formula is C15H12FN3O2. The second-order valence-electron chi connectivity index (χ2n) is 4.67. The van der Waals surface area contributed by atoms with Crippen molar-refractivity contribution in [3.8, 4) is 0 Å². The molecule has 3 rings (SSSR count). The first-order valence-corrected chi connectivity index (χ1v) is 6.45. The normalized spacial score (nSPS) is 18.1. The average molecular weight is 285 g/mol. The van der Waals surface area contributed by atoms with E-state index < -0.39 is 11.9 Å². The van der Waals surface area contributed by atoms with Gasteiger partial charge in [0.25, 0.3) is 5.91 Å². The molecule has 1 atom stereocenters. The molecule has 1 aromatic heterocycles. The number of rotatable bonds is 3. The van der Waals surface area contributed by atoms with Gasteiger partial charge in [-0.1, -0.05) is 18.2 Å². The number of para-hydroxylation sites is 1. The van der Waals surface area contributed by atoms with Crippen LogP contribution in [-0.2, 0) is 9.59 Å². The molecule has 1 saturated heterocycles. The van der Waals surface area contributed by atoms with E-state index in [2.05, 4.69) is 10.3 Å².